The van der Waals surface area contributed by atoms with Crippen LogP contribution >= 0.6 is 0 Å². The van der Waals surface area contributed by atoms with Crippen molar-refractivity contribution in [2.75, 3.05) is 26.7 Å². The Labute approximate surface area is 155 Å². The molecule has 26 heavy (non-hydrogen) atoms. The molecule has 3 nitrogen and oxygen atoms in total. The third kappa shape index (κ3) is 4.31. The number of halogens is 1. The van der Waals surface area contributed by atoms with E-state index in [1.165, 1.54) is 0 Å². The molecular formula is C22H27FN2O. The molecule has 2 aromatic carbocycles. The third-order valence-electron chi connectivity index (χ3n) is 5.18. The van der Waals surface area contributed by atoms with Gasteiger partial charge < -0.3 is 10.2 Å². The van der Waals surface area contributed by atoms with Crippen molar-refractivity contribution in [2.45, 2.75) is 26.2 Å². The molecule has 0 aliphatic carbocycles. The first-order valence-corrected chi connectivity index (χ1v) is 9.35. The van der Waals surface area contributed by atoms with Crippen molar-refractivity contribution in [3.63, 3.8) is 0 Å². The third-order valence-corrected chi connectivity index (χ3v) is 5.18. The average Bonchev–Trinajstić information content (AvgIpc) is 2.65. The van der Waals surface area contributed by atoms with Crippen molar-refractivity contribution in [3.05, 3.63) is 70.5 Å². The summed E-state index contributed by atoms with van der Waals surface area (Å²) in [6.45, 7) is 4.31. The number of carbonyl (C=O) groups is 1. The number of likely N-dealkylation sites (tertiary alicyclic amines) is 1. The quantitative estimate of drug-likeness (QED) is 0.886. The topological polar surface area (TPSA) is 32.3 Å². The first kappa shape index (κ1) is 18.6. The number of carbonyl (C=O) groups excluding carboxylic acids is 1. The monoisotopic (exact) mass is 354 g/mol. The molecule has 138 valence electrons. The number of hydrogen-bond donors (Lipinski definition) is 1. The standard InChI is InChI=1S/C22H27FN2O/c1-16-9-10-17(13-21(16)23)12-19-7-3-4-8-20(19)22(26)25-11-5-6-18(15-25)14-24-2/h3-4,7-10,13,18,24H,5-6,11-12,14-15H2,1-2H3/t18-/m1/s1. The Morgan fingerprint density at radius 2 is 2.08 bits per heavy atom. The van der Waals surface area contributed by atoms with Gasteiger partial charge in [0.1, 0.15) is 5.82 Å². The van der Waals surface area contributed by atoms with Crippen LogP contribution in [0.5, 0.6) is 0 Å². The fourth-order valence-electron chi connectivity index (χ4n) is 3.72. The Kier molecular flexibility index (Phi) is 6.04. The van der Waals surface area contributed by atoms with Gasteiger partial charge in [0.25, 0.3) is 5.91 Å². The van der Waals surface area contributed by atoms with Crippen molar-refractivity contribution in [3.8, 4) is 0 Å². The molecule has 2 aromatic rings. The van der Waals surface area contributed by atoms with Gasteiger partial charge in [-0.05, 0) is 74.5 Å². The normalized spacial score (nSPS) is 17.3. The Bertz CT molecular complexity index is 772. The summed E-state index contributed by atoms with van der Waals surface area (Å²) >= 11 is 0. The average molecular weight is 354 g/mol. The maximum absolute atomic E-state index is 13.9. The van der Waals surface area contributed by atoms with Crippen molar-refractivity contribution in [1.29, 1.82) is 0 Å². The van der Waals surface area contributed by atoms with E-state index in [0.717, 1.165) is 49.2 Å². The summed E-state index contributed by atoms with van der Waals surface area (Å²) in [7, 11) is 1.96. The number of hydrogen-bond acceptors (Lipinski definition) is 2. The first-order valence-electron chi connectivity index (χ1n) is 9.35. The van der Waals surface area contributed by atoms with E-state index >= 15 is 0 Å². The van der Waals surface area contributed by atoms with E-state index in [0.29, 0.717) is 17.9 Å². The van der Waals surface area contributed by atoms with E-state index in [1.54, 1.807) is 19.1 Å². The van der Waals surface area contributed by atoms with Crippen LogP contribution in [0.15, 0.2) is 42.5 Å². The molecule has 1 aliphatic heterocycles. The number of benzene rings is 2. The molecule has 1 aliphatic rings. The lowest BCUT2D eigenvalue weighted by Gasteiger charge is -2.33. The summed E-state index contributed by atoms with van der Waals surface area (Å²) in [4.78, 5) is 15.1. The van der Waals surface area contributed by atoms with Crippen LogP contribution in [-0.2, 0) is 6.42 Å². The fourth-order valence-corrected chi connectivity index (χ4v) is 3.72. The van der Waals surface area contributed by atoms with E-state index < -0.39 is 0 Å². The molecule has 0 bridgehead atoms. The Morgan fingerprint density at radius 1 is 1.27 bits per heavy atom. The molecular weight excluding hydrogens is 327 g/mol. The number of nitrogens with one attached hydrogen (secondary N) is 1. The predicted molar refractivity (Wildman–Crippen MR) is 103 cm³/mol. The second kappa shape index (κ2) is 8.45. The fraction of sp³-hybridized carbons (Fsp3) is 0.409. The predicted octanol–water partition coefficient (Wildman–Crippen LogP) is 3.80. The molecule has 0 radical (unpaired) electrons. The zero-order valence-corrected chi connectivity index (χ0v) is 15.6. The summed E-state index contributed by atoms with van der Waals surface area (Å²) < 4.78 is 13.9. The second-order valence-electron chi connectivity index (χ2n) is 7.23. The van der Waals surface area contributed by atoms with Gasteiger partial charge in [0.2, 0.25) is 0 Å². The minimum absolute atomic E-state index is 0.0917. The van der Waals surface area contributed by atoms with Gasteiger partial charge in [-0.25, -0.2) is 4.39 Å². The highest BCUT2D eigenvalue weighted by Gasteiger charge is 2.25. The van der Waals surface area contributed by atoms with Gasteiger partial charge in [-0.1, -0.05) is 30.3 Å². The first-order chi connectivity index (χ1) is 12.6. The summed E-state index contributed by atoms with van der Waals surface area (Å²) in [5, 5.41) is 3.22. The van der Waals surface area contributed by atoms with E-state index in [-0.39, 0.29) is 11.7 Å². The van der Waals surface area contributed by atoms with Crippen molar-refractivity contribution < 1.29 is 9.18 Å². The summed E-state index contributed by atoms with van der Waals surface area (Å²) in [5.74, 6) is 0.405. The minimum atomic E-state index is -0.197. The zero-order valence-electron chi connectivity index (χ0n) is 15.6. The second-order valence-corrected chi connectivity index (χ2v) is 7.23. The molecule has 4 heteroatoms. The molecule has 1 saturated heterocycles. The van der Waals surface area contributed by atoms with E-state index in [9.17, 15) is 9.18 Å². The van der Waals surface area contributed by atoms with E-state index in [2.05, 4.69) is 5.32 Å². The number of aryl methyl sites for hydroxylation is 1. The maximum atomic E-state index is 13.9. The van der Waals surface area contributed by atoms with Gasteiger partial charge in [-0.2, -0.15) is 0 Å². The maximum Gasteiger partial charge on any atom is 0.254 e. The number of amides is 1. The molecule has 1 atom stereocenters. The lowest BCUT2D eigenvalue weighted by Crippen LogP contribution is -2.42. The Balaban J connectivity index is 1.79. The van der Waals surface area contributed by atoms with Crippen LogP contribution in [0.1, 0.15) is 39.9 Å². The lowest BCUT2D eigenvalue weighted by molar-refractivity contribution is 0.0673. The molecule has 0 unspecified atom stereocenters. The number of nitrogens with zero attached hydrogens (tertiary/aromatic N) is 1. The molecule has 1 fully saturated rings. The van der Waals surface area contributed by atoms with Crippen LogP contribution in [0.3, 0.4) is 0 Å². The Morgan fingerprint density at radius 3 is 2.85 bits per heavy atom. The SMILES string of the molecule is CNC[C@H]1CCCN(C(=O)c2ccccc2Cc2ccc(C)c(F)c2)C1. The van der Waals surface area contributed by atoms with Gasteiger partial charge in [0.05, 0.1) is 0 Å². The molecule has 1 N–H and O–H groups in total. The summed E-state index contributed by atoms with van der Waals surface area (Å²) in [6.07, 6.45) is 2.77. The highest BCUT2D eigenvalue weighted by atomic mass is 19.1. The van der Waals surface area contributed by atoms with Gasteiger partial charge in [-0.3, -0.25) is 4.79 Å². The van der Waals surface area contributed by atoms with Crippen molar-refractivity contribution in [2.24, 2.45) is 5.92 Å². The Hall–Kier alpha value is -2.20. The molecule has 3 rings (SSSR count). The van der Waals surface area contributed by atoms with E-state index in [4.69, 9.17) is 0 Å². The number of piperidine rings is 1. The minimum Gasteiger partial charge on any atom is -0.338 e. The molecule has 0 aromatic heterocycles. The molecule has 0 saturated carbocycles. The largest absolute Gasteiger partial charge is 0.338 e. The molecule has 0 spiro atoms. The van der Waals surface area contributed by atoms with Gasteiger partial charge in [0.15, 0.2) is 0 Å². The highest BCUT2D eigenvalue weighted by Crippen LogP contribution is 2.22. The van der Waals surface area contributed by atoms with Crippen LogP contribution in [0.25, 0.3) is 0 Å². The van der Waals surface area contributed by atoms with E-state index in [1.807, 2.05) is 42.3 Å². The number of rotatable bonds is 5. The van der Waals surface area contributed by atoms with Crippen molar-refractivity contribution >= 4 is 5.91 Å². The van der Waals surface area contributed by atoms with Crippen LogP contribution in [-0.4, -0.2) is 37.5 Å². The summed E-state index contributed by atoms with van der Waals surface area (Å²) in [6, 6.07) is 13.0. The van der Waals surface area contributed by atoms with Gasteiger partial charge in [0, 0.05) is 18.7 Å². The smallest absolute Gasteiger partial charge is 0.254 e. The zero-order chi connectivity index (χ0) is 18.5. The van der Waals surface area contributed by atoms with Gasteiger partial charge in [-0.15, -0.1) is 0 Å². The highest BCUT2D eigenvalue weighted by molar-refractivity contribution is 5.95. The lowest BCUT2D eigenvalue weighted by atomic mass is 9.95. The molecule has 1 heterocycles. The van der Waals surface area contributed by atoms with Crippen LogP contribution < -0.4 is 5.32 Å². The molecule has 1 amide bonds. The van der Waals surface area contributed by atoms with Crippen LogP contribution in [0.4, 0.5) is 4.39 Å². The van der Waals surface area contributed by atoms with Crippen molar-refractivity contribution in [1.82, 2.24) is 10.2 Å². The summed E-state index contributed by atoms with van der Waals surface area (Å²) in [5.41, 5.74) is 3.22. The van der Waals surface area contributed by atoms with Crippen LogP contribution in [0.2, 0.25) is 0 Å². The van der Waals surface area contributed by atoms with Gasteiger partial charge >= 0.3 is 0 Å². The van der Waals surface area contributed by atoms with Crippen LogP contribution in [0, 0.1) is 18.7 Å².